The molecule has 0 aliphatic heterocycles. The average molecular weight is 316 g/mol. The van der Waals surface area contributed by atoms with Crippen molar-refractivity contribution < 1.29 is 9.00 Å². The van der Waals surface area contributed by atoms with Gasteiger partial charge in [-0.15, -0.1) is 11.3 Å². The molecule has 1 rings (SSSR count). The molecule has 1 aromatic heterocycles. The molecule has 20 heavy (non-hydrogen) atoms. The number of carbonyl (C=O) groups excluding carboxylic acids is 1. The van der Waals surface area contributed by atoms with Crippen molar-refractivity contribution in [3.8, 4) is 0 Å². The predicted molar refractivity (Wildman–Crippen MR) is 85.4 cm³/mol. The Bertz CT molecular complexity index is 469. The number of hydrogen-bond acceptors (Lipinski definition) is 4. The van der Waals surface area contributed by atoms with Crippen LogP contribution in [-0.2, 0) is 21.3 Å². The van der Waals surface area contributed by atoms with Gasteiger partial charge in [-0.1, -0.05) is 27.7 Å². The Morgan fingerprint density at radius 1 is 1.35 bits per heavy atom. The molecule has 0 aliphatic rings. The fraction of sp³-hybridized carbons (Fsp3) is 0.714. The summed E-state index contributed by atoms with van der Waals surface area (Å²) in [5, 5.41) is 5.31. The maximum atomic E-state index is 12.2. The molecule has 114 valence electrons. The highest BCUT2D eigenvalue weighted by atomic mass is 32.2. The highest BCUT2D eigenvalue weighted by Crippen LogP contribution is 2.20. The van der Waals surface area contributed by atoms with Crippen LogP contribution in [0.5, 0.6) is 0 Å². The standard InChI is InChI=1S/C14H24N2O2S2/c1-9(2)6-15-13(17)11(5)20(18)8-12-7-19-14(16-12)10(3)4/h7,9-11H,6,8H2,1-5H3,(H,15,17)/t11-,20-/m0/s1. The summed E-state index contributed by atoms with van der Waals surface area (Å²) in [5.74, 6) is 0.983. The molecule has 0 saturated carbocycles. The van der Waals surface area contributed by atoms with Crippen LogP contribution in [0.3, 0.4) is 0 Å². The van der Waals surface area contributed by atoms with Gasteiger partial charge in [-0.2, -0.15) is 0 Å². The third kappa shape index (κ3) is 5.32. The SMILES string of the molecule is CC(C)CNC(=O)[C@H](C)[S@@](=O)Cc1csc(C(C)C)n1. The van der Waals surface area contributed by atoms with Crippen LogP contribution in [-0.4, -0.2) is 26.9 Å². The molecule has 4 nitrogen and oxygen atoms in total. The van der Waals surface area contributed by atoms with Gasteiger partial charge in [0.1, 0.15) is 5.25 Å². The first kappa shape index (κ1) is 17.3. The predicted octanol–water partition coefficient (Wildman–Crippen LogP) is 2.68. The number of amides is 1. The maximum Gasteiger partial charge on any atom is 0.235 e. The van der Waals surface area contributed by atoms with E-state index < -0.39 is 16.0 Å². The maximum absolute atomic E-state index is 12.2. The smallest absolute Gasteiger partial charge is 0.235 e. The van der Waals surface area contributed by atoms with Crippen LogP contribution in [0.25, 0.3) is 0 Å². The normalized spacial score (nSPS) is 14.6. The Balaban J connectivity index is 2.54. The molecular weight excluding hydrogens is 292 g/mol. The van der Waals surface area contributed by atoms with Crippen LogP contribution in [0.4, 0.5) is 0 Å². The van der Waals surface area contributed by atoms with Gasteiger partial charge in [0.15, 0.2) is 0 Å². The summed E-state index contributed by atoms with van der Waals surface area (Å²) in [5.41, 5.74) is 0.820. The largest absolute Gasteiger partial charge is 0.355 e. The molecule has 1 N–H and O–H groups in total. The second-order valence-electron chi connectivity index (χ2n) is 5.64. The lowest BCUT2D eigenvalue weighted by atomic mass is 10.2. The molecule has 0 unspecified atom stereocenters. The fourth-order valence-electron chi connectivity index (χ4n) is 1.49. The zero-order valence-corrected chi connectivity index (χ0v) is 14.4. The molecule has 1 aromatic rings. The van der Waals surface area contributed by atoms with Crippen molar-refractivity contribution in [3.05, 3.63) is 16.1 Å². The number of rotatable bonds is 7. The van der Waals surface area contributed by atoms with E-state index in [9.17, 15) is 9.00 Å². The Hall–Kier alpha value is -0.750. The topological polar surface area (TPSA) is 59.1 Å². The molecule has 2 atom stereocenters. The Morgan fingerprint density at radius 3 is 2.50 bits per heavy atom. The van der Waals surface area contributed by atoms with E-state index in [0.717, 1.165) is 10.7 Å². The molecule has 0 aromatic carbocycles. The van der Waals surface area contributed by atoms with Crippen LogP contribution in [0, 0.1) is 5.92 Å². The van der Waals surface area contributed by atoms with Crippen LogP contribution < -0.4 is 5.32 Å². The highest BCUT2D eigenvalue weighted by Gasteiger charge is 2.21. The van der Waals surface area contributed by atoms with Gasteiger partial charge in [-0.25, -0.2) is 4.98 Å². The summed E-state index contributed by atoms with van der Waals surface area (Å²) in [7, 11) is -1.23. The van der Waals surface area contributed by atoms with Crippen molar-refractivity contribution in [2.24, 2.45) is 5.92 Å². The second-order valence-corrected chi connectivity index (χ2v) is 8.29. The van der Waals surface area contributed by atoms with Crippen LogP contribution in [0.15, 0.2) is 5.38 Å². The first-order valence-corrected chi connectivity index (χ1v) is 9.16. The lowest BCUT2D eigenvalue weighted by Gasteiger charge is -2.12. The molecule has 0 spiro atoms. The Kier molecular flexibility index (Phi) is 6.82. The average Bonchev–Trinajstić information content (AvgIpc) is 2.83. The first-order chi connectivity index (χ1) is 9.31. The summed E-state index contributed by atoms with van der Waals surface area (Å²) in [6.45, 7) is 10.6. The minimum absolute atomic E-state index is 0.142. The number of hydrogen-bond donors (Lipinski definition) is 1. The lowest BCUT2D eigenvalue weighted by Crippen LogP contribution is -2.37. The number of carbonyl (C=O) groups is 1. The zero-order chi connectivity index (χ0) is 15.3. The van der Waals surface area contributed by atoms with E-state index in [1.54, 1.807) is 18.3 Å². The summed E-state index contributed by atoms with van der Waals surface area (Å²) in [6, 6.07) is 0. The van der Waals surface area contributed by atoms with E-state index in [1.165, 1.54) is 0 Å². The van der Waals surface area contributed by atoms with E-state index in [1.807, 2.05) is 19.2 Å². The van der Waals surface area contributed by atoms with Gasteiger partial charge in [0.05, 0.1) is 16.5 Å². The van der Waals surface area contributed by atoms with Crippen molar-refractivity contribution in [3.63, 3.8) is 0 Å². The van der Waals surface area contributed by atoms with Gasteiger partial charge in [-0.3, -0.25) is 9.00 Å². The van der Waals surface area contributed by atoms with Gasteiger partial charge < -0.3 is 5.32 Å². The molecule has 6 heteroatoms. The highest BCUT2D eigenvalue weighted by molar-refractivity contribution is 7.85. The summed E-state index contributed by atoms with van der Waals surface area (Å²) >= 11 is 1.59. The molecule has 0 radical (unpaired) electrons. The zero-order valence-electron chi connectivity index (χ0n) is 12.8. The van der Waals surface area contributed by atoms with Crippen LogP contribution in [0.2, 0.25) is 0 Å². The molecule has 0 aliphatic carbocycles. The van der Waals surface area contributed by atoms with Gasteiger partial charge in [0.25, 0.3) is 0 Å². The fourth-order valence-corrected chi connectivity index (χ4v) is 3.44. The minimum atomic E-state index is -1.23. The molecule has 0 bridgehead atoms. The third-order valence-electron chi connectivity index (χ3n) is 2.80. The Morgan fingerprint density at radius 2 is 2.00 bits per heavy atom. The molecular formula is C14H24N2O2S2. The van der Waals surface area contributed by atoms with Crippen LogP contribution in [0.1, 0.15) is 51.2 Å². The number of aromatic nitrogens is 1. The lowest BCUT2D eigenvalue weighted by molar-refractivity contribution is -0.120. The monoisotopic (exact) mass is 316 g/mol. The van der Waals surface area contributed by atoms with Crippen LogP contribution >= 0.6 is 11.3 Å². The number of nitrogens with one attached hydrogen (secondary N) is 1. The third-order valence-corrected chi connectivity index (χ3v) is 5.58. The Labute approximate surface area is 127 Å². The molecule has 1 amide bonds. The number of thiazole rings is 1. The van der Waals surface area contributed by atoms with Crippen molar-refractivity contribution in [2.75, 3.05) is 6.54 Å². The molecule has 0 saturated heterocycles. The second kappa shape index (κ2) is 7.88. The van der Waals surface area contributed by atoms with Crippen molar-refractivity contribution in [1.82, 2.24) is 10.3 Å². The van der Waals surface area contributed by atoms with Gasteiger partial charge >= 0.3 is 0 Å². The van der Waals surface area contributed by atoms with E-state index in [2.05, 4.69) is 24.1 Å². The van der Waals surface area contributed by atoms with E-state index >= 15 is 0 Å². The summed E-state index contributed by atoms with van der Waals surface area (Å²) in [6.07, 6.45) is 0. The van der Waals surface area contributed by atoms with Gasteiger partial charge in [0, 0.05) is 28.6 Å². The minimum Gasteiger partial charge on any atom is -0.355 e. The number of nitrogens with zero attached hydrogens (tertiary/aromatic N) is 1. The van der Waals surface area contributed by atoms with Crippen molar-refractivity contribution >= 4 is 28.0 Å². The first-order valence-electron chi connectivity index (χ1n) is 6.90. The van der Waals surface area contributed by atoms with Gasteiger partial charge in [-0.05, 0) is 12.8 Å². The van der Waals surface area contributed by atoms with Gasteiger partial charge in [0.2, 0.25) is 5.91 Å². The molecule has 0 fully saturated rings. The summed E-state index contributed by atoms with van der Waals surface area (Å²) in [4.78, 5) is 16.3. The molecule has 1 heterocycles. The van der Waals surface area contributed by atoms with E-state index in [-0.39, 0.29) is 5.91 Å². The summed E-state index contributed by atoms with van der Waals surface area (Å²) < 4.78 is 12.2. The van der Waals surface area contributed by atoms with Crippen molar-refractivity contribution in [2.45, 2.75) is 51.5 Å². The van der Waals surface area contributed by atoms with E-state index in [0.29, 0.717) is 24.1 Å². The quantitative estimate of drug-likeness (QED) is 0.841. The van der Waals surface area contributed by atoms with E-state index in [4.69, 9.17) is 0 Å². The van der Waals surface area contributed by atoms with Crippen molar-refractivity contribution in [1.29, 1.82) is 0 Å².